The summed E-state index contributed by atoms with van der Waals surface area (Å²) in [6, 6.07) is 12.2. The van der Waals surface area contributed by atoms with Crippen molar-refractivity contribution in [3.8, 4) is 0 Å². The molecule has 1 heterocycles. The van der Waals surface area contributed by atoms with E-state index in [0.29, 0.717) is 19.8 Å². The topological polar surface area (TPSA) is 41.6 Å². The second-order valence-corrected chi connectivity index (χ2v) is 6.39. The Morgan fingerprint density at radius 2 is 1.96 bits per heavy atom. The highest BCUT2D eigenvalue weighted by molar-refractivity contribution is 7.10. The number of hydrogen-bond acceptors (Lipinski definition) is 3. The van der Waals surface area contributed by atoms with Crippen molar-refractivity contribution in [1.82, 2.24) is 10.2 Å². The highest BCUT2D eigenvalue weighted by atomic mass is 32.1. The molecule has 124 valence electrons. The number of ether oxygens (including phenoxy) is 1. The van der Waals surface area contributed by atoms with E-state index in [0.717, 1.165) is 11.1 Å². The second kappa shape index (κ2) is 8.70. The lowest BCUT2D eigenvalue weighted by Crippen LogP contribution is -2.38. The SMILES string of the molecule is CCOCc1ccc(CNC(=O)N(C)C(C)c2cccs2)cc1. The Kier molecular flexibility index (Phi) is 6.62. The summed E-state index contributed by atoms with van der Waals surface area (Å²) in [5, 5.41) is 4.99. The Bertz CT molecular complexity index is 596. The lowest BCUT2D eigenvalue weighted by molar-refractivity contribution is 0.134. The van der Waals surface area contributed by atoms with E-state index in [1.807, 2.05) is 56.6 Å². The van der Waals surface area contributed by atoms with E-state index in [-0.39, 0.29) is 12.1 Å². The molecule has 0 saturated heterocycles. The summed E-state index contributed by atoms with van der Waals surface area (Å²) in [5.41, 5.74) is 2.22. The van der Waals surface area contributed by atoms with Crippen LogP contribution in [0.25, 0.3) is 0 Å². The number of thiophene rings is 1. The lowest BCUT2D eigenvalue weighted by Gasteiger charge is -2.24. The van der Waals surface area contributed by atoms with Crippen LogP contribution in [-0.2, 0) is 17.9 Å². The molecule has 1 atom stereocenters. The number of urea groups is 1. The minimum absolute atomic E-state index is 0.0655. The van der Waals surface area contributed by atoms with Crippen LogP contribution in [-0.4, -0.2) is 24.6 Å². The van der Waals surface area contributed by atoms with E-state index in [2.05, 4.69) is 11.4 Å². The molecule has 0 aliphatic heterocycles. The van der Waals surface area contributed by atoms with Gasteiger partial charge < -0.3 is 15.0 Å². The van der Waals surface area contributed by atoms with Gasteiger partial charge in [0.15, 0.2) is 0 Å². The minimum Gasteiger partial charge on any atom is -0.377 e. The molecule has 0 aliphatic carbocycles. The van der Waals surface area contributed by atoms with Gasteiger partial charge in [-0.05, 0) is 36.4 Å². The first-order valence-electron chi connectivity index (χ1n) is 7.81. The summed E-state index contributed by atoms with van der Waals surface area (Å²) in [6.45, 7) is 5.89. The lowest BCUT2D eigenvalue weighted by atomic mass is 10.1. The van der Waals surface area contributed by atoms with Crippen molar-refractivity contribution in [2.45, 2.75) is 33.0 Å². The summed E-state index contributed by atoms with van der Waals surface area (Å²) >= 11 is 1.67. The highest BCUT2D eigenvalue weighted by Crippen LogP contribution is 2.23. The van der Waals surface area contributed by atoms with Gasteiger partial charge in [0.2, 0.25) is 0 Å². The van der Waals surface area contributed by atoms with Crippen LogP contribution in [0.4, 0.5) is 4.79 Å². The third-order valence-corrected chi connectivity index (χ3v) is 4.84. The molecule has 1 aromatic carbocycles. The fourth-order valence-electron chi connectivity index (χ4n) is 2.17. The maximum atomic E-state index is 12.3. The van der Waals surface area contributed by atoms with Gasteiger partial charge in [0.25, 0.3) is 0 Å². The van der Waals surface area contributed by atoms with E-state index < -0.39 is 0 Å². The molecule has 0 radical (unpaired) electrons. The number of nitrogens with zero attached hydrogens (tertiary/aromatic N) is 1. The molecule has 0 fully saturated rings. The van der Waals surface area contributed by atoms with Gasteiger partial charge in [-0.2, -0.15) is 0 Å². The van der Waals surface area contributed by atoms with E-state index in [1.165, 1.54) is 4.88 Å². The Balaban J connectivity index is 1.83. The quantitative estimate of drug-likeness (QED) is 0.826. The normalized spacial score (nSPS) is 12.0. The maximum Gasteiger partial charge on any atom is 0.317 e. The number of carbonyl (C=O) groups is 1. The standard InChI is InChI=1S/C18H24N2O2S/c1-4-22-13-16-9-7-15(8-10-16)12-19-18(21)20(3)14(2)17-6-5-11-23-17/h5-11,14H,4,12-13H2,1-3H3,(H,19,21). The largest absolute Gasteiger partial charge is 0.377 e. The third kappa shape index (κ3) is 5.08. The van der Waals surface area contributed by atoms with E-state index >= 15 is 0 Å². The molecule has 0 saturated carbocycles. The monoisotopic (exact) mass is 332 g/mol. The van der Waals surface area contributed by atoms with E-state index in [4.69, 9.17) is 4.74 Å². The first-order chi connectivity index (χ1) is 11.1. The second-order valence-electron chi connectivity index (χ2n) is 5.41. The van der Waals surface area contributed by atoms with Crippen molar-refractivity contribution >= 4 is 17.4 Å². The zero-order chi connectivity index (χ0) is 16.7. The Morgan fingerprint density at radius 3 is 2.57 bits per heavy atom. The summed E-state index contributed by atoms with van der Waals surface area (Å²) < 4.78 is 5.38. The van der Waals surface area contributed by atoms with Crippen molar-refractivity contribution in [3.63, 3.8) is 0 Å². The van der Waals surface area contributed by atoms with Crippen molar-refractivity contribution in [2.24, 2.45) is 0 Å². The van der Waals surface area contributed by atoms with Crippen LogP contribution in [0.15, 0.2) is 41.8 Å². The van der Waals surface area contributed by atoms with Crippen molar-refractivity contribution in [3.05, 3.63) is 57.8 Å². The van der Waals surface area contributed by atoms with Gasteiger partial charge in [-0.15, -0.1) is 11.3 Å². The Hall–Kier alpha value is -1.85. The molecule has 0 spiro atoms. The summed E-state index contributed by atoms with van der Waals surface area (Å²) in [6.07, 6.45) is 0. The molecule has 23 heavy (non-hydrogen) atoms. The molecular formula is C18H24N2O2S. The summed E-state index contributed by atoms with van der Waals surface area (Å²) in [5.74, 6) is 0. The van der Waals surface area contributed by atoms with Crippen LogP contribution < -0.4 is 5.32 Å². The summed E-state index contributed by atoms with van der Waals surface area (Å²) in [4.78, 5) is 15.2. The van der Waals surface area contributed by atoms with Gasteiger partial charge in [0.05, 0.1) is 12.6 Å². The predicted molar refractivity (Wildman–Crippen MR) is 94.5 cm³/mol. The number of benzene rings is 1. The van der Waals surface area contributed by atoms with Crippen LogP contribution in [0.3, 0.4) is 0 Å². The highest BCUT2D eigenvalue weighted by Gasteiger charge is 2.17. The third-order valence-electron chi connectivity index (χ3n) is 3.80. The average molecular weight is 332 g/mol. The number of nitrogens with one attached hydrogen (secondary N) is 1. The van der Waals surface area contributed by atoms with Crippen LogP contribution in [0.5, 0.6) is 0 Å². The molecule has 2 amide bonds. The molecular weight excluding hydrogens is 308 g/mol. The number of rotatable bonds is 7. The summed E-state index contributed by atoms with van der Waals surface area (Å²) in [7, 11) is 1.82. The minimum atomic E-state index is -0.0655. The van der Waals surface area contributed by atoms with Crippen molar-refractivity contribution in [2.75, 3.05) is 13.7 Å². The van der Waals surface area contributed by atoms with Crippen LogP contribution in [0, 0.1) is 0 Å². The van der Waals surface area contributed by atoms with Crippen LogP contribution in [0.1, 0.15) is 35.9 Å². The van der Waals surface area contributed by atoms with E-state index in [9.17, 15) is 4.79 Å². The molecule has 4 nitrogen and oxygen atoms in total. The molecule has 1 aromatic heterocycles. The van der Waals surface area contributed by atoms with Gasteiger partial charge in [-0.1, -0.05) is 30.3 Å². The molecule has 1 unspecified atom stereocenters. The van der Waals surface area contributed by atoms with Crippen LogP contribution >= 0.6 is 11.3 Å². The fourth-order valence-corrected chi connectivity index (χ4v) is 3.00. The molecule has 0 bridgehead atoms. The van der Waals surface area contributed by atoms with Gasteiger partial charge in [0, 0.05) is 25.1 Å². The molecule has 1 N–H and O–H groups in total. The molecule has 5 heteroatoms. The van der Waals surface area contributed by atoms with Gasteiger partial charge in [0.1, 0.15) is 0 Å². The van der Waals surface area contributed by atoms with Gasteiger partial charge in [-0.25, -0.2) is 4.79 Å². The van der Waals surface area contributed by atoms with Crippen molar-refractivity contribution < 1.29 is 9.53 Å². The predicted octanol–water partition coefficient (Wildman–Crippen LogP) is 4.19. The number of carbonyl (C=O) groups excluding carboxylic acids is 1. The maximum absolute atomic E-state index is 12.3. The zero-order valence-electron chi connectivity index (χ0n) is 13.9. The molecule has 0 aliphatic rings. The van der Waals surface area contributed by atoms with Gasteiger partial charge in [-0.3, -0.25) is 0 Å². The smallest absolute Gasteiger partial charge is 0.317 e. The zero-order valence-corrected chi connectivity index (χ0v) is 14.7. The molecule has 2 rings (SSSR count). The fraction of sp³-hybridized carbons (Fsp3) is 0.389. The van der Waals surface area contributed by atoms with Crippen molar-refractivity contribution in [1.29, 1.82) is 0 Å². The van der Waals surface area contributed by atoms with E-state index in [1.54, 1.807) is 16.2 Å². The number of amides is 2. The van der Waals surface area contributed by atoms with Crippen LogP contribution in [0.2, 0.25) is 0 Å². The first-order valence-corrected chi connectivity index (χ1v) is 8.69. The number of hydrogen-bond donors (Lipinski definition) is 1. The molecule has 2 aromatic rings. The Labute approximate surface area is 142 Å². The first kappa shape index (κ1) is 17.5. The Morgan fingerprint density at radius 1 is 1.26 bits per heavy atom. The average Bonchev–Trinajstić information content (AvgIpc) is 3.12. The van der Waals surface area contributed by atoms with Gasteiger partial charge >= 0.3 is 6.03 Å².